The van der Waals surface area contributed by atoms with Gasteiger partial charge in [-0.05, 0) is 43.4 Å². The first-order valence-electron chi connectivity index (χ1n) is 9.55. The van der Waals surface area contributed by atoms with Gasteiger partial charge in [0.15, 0.2) is 17.9 Å². The predicted molar refractivity (Wildman–Crippen MR) is 99.1 cm³/mol. The minimum absolute atomic E-state index is 0.0484. The number of benzene rings is 2. The maximum absolute atomic E-state index is 14.7. The number of halogens is 3. The van der Waals surface area contributed by atoms with E-state index in [0.717, 1.165) is 18.4 Å². The SMILES string of the molecule is CCCc1ccc(-c2ccc(C3CCC(OCC)OC3)cc2F)c(F)c1F. The highest BCUT2D eigenvalue weighted by molar-refractivity contribution is 5.66. The Morgan fingerprint density at radius 1 is 1.00 bits per heavy atom. The Balaban J connectivity index is 1.81. The molecule has 27 heavy (non-hydrogen) atoms. The third-order valence-corrected chi connectivity index (χ3v) is 5.02. The molecule has 1 heterocycles. The third-order valence-electron chi connectivity index (χ3n) is 5.02. The molecule has 0 spiro atoms. The molecule has 0 N–H and O–H groups in total. The molecule has 0 bridgehead atoms. The van der Waals surface area contributed by atoms with Crippen LogP contribution in [-0.2, 0) is 15.9 Å². The predicted octanol–water partition coefficient (Wildman–Crippen LogP) is 5.98. The van der Waals surface area contributed by atoms with E-state index in [9.17, 15) is 13.2 Å². The van der Waals surface area contributed by atoms with E-state index in [2.05, 4.69) is 0 Å². The average molecular weight is 378 g/mol. The van der Waals surface area contributed by atoms with Crippen LogP contribution < -0.4 is 0 Å². The summed E-state index contributed by atoms with van der Waals surface area (Å²) in [5.74, 6) is -2.37. The Morgan fingerprint density at radius 3 is 2.41 bits per heavy atom. The van der Waals surface area contributed by atoms with Gasteiger partial charge >= 0.3 is 0 Å². The summed E-state index contributed by atoms with van der Waals surface area (Å²) in [7, 11) is 0. The molecule has 146 valence electrons. The molecule has 2 unspecified atom stereocenters. The quantitative estimate of drug-likeness (QED) is 0.616. The van der Waals surface area contributed by atoms with Crippen molar-refractivity contribution < 1.29 is 22.6 Å². The number of hydrogen-bond acceptors (Lipinski definition) is 2. The number of hydrogen-bond donors (Lipinski definition) is 0. The van der Waals surface area contributed by atoms with Gasteiger partial charge in [0.1, 0.15) is 5.82 Å². The molecule has 1 saturated heterocycles. The molecule has 3 rings (SSSR count). The standard InChI is InChI=1S/C22H25F3O2/c1-3-5-14-6-10-18(22(25)21(14)24)17-9-7-15(12-19(17)23)16-8-11-20(26-4-2)27-13-16/h6-7,9-10,12,16,20H,3-5,8,11,13H2,1-2H3. The van der Waals surface area contributed by atoms with Gasteiger partial charge in [-0.25, -0.2) is 13.2 Å². The van der Waals surface area contributed by atoms with Crippen LogP contribution in [0.25, 0.3) is 11.1 Å². The second-order valence-electron chi connectivity index (χ2n) is 6.88. The molecule has 2 atom stereocenters. The van der Waals surface area contributed by atoms with Crippen LogP contribution in [0.5, 0.6) is 0 Å². The monoisotopic (exact) mass is 378 g/mol. The zero-order valence-corrected chi connectivity index (χ0v) is 15.7. The van der Waals surface area contributed by atoms with Crippen molar-refractivity contribution in [2.75, 3.05) is 13.2 Å². The van der Waals surface area contributed by atoms with Gasteiger partial charge in [-0.15, -0.1) is 0 Å². The van der Waals surface area contributed by atoms with Crippen molar-refractivity contribution in [3.8, 4) is 11.1 Å². The summed E-state index contributed by atoms with van der Waals surface area (Å²) < 4.78 is 54.5. The van der Waals surface area contributed by atoms with E-state index in [4.69, 9.17) is 9.47 Å². The summed E-state index contributed by atoms with van der Waals surface area (Å²) in [6.07, 6.45) is 2.55. The van der Waals surface area contributed by atoms with Gasteiger partial charge in [0, 0.05) is 23.7 Å². The van der Waals surface area contributed by atoms with E-state index in [1.165, 1.54) is 24.3 Å². The number of ether oxygens (including phenoxy) is 2. The molecule has 0 saturated carbocycles. The summed E-state index contributed by atoms with van der Waals surface area (Å²) in [6, 6.07) is 7.69. The third kappa shape index (κ3) is 4.36. The molecule has 2 aromatic rings. The van der Waals surface area contributed by atoms with E-state index in [-0.39, 0.29) is 23.3 Å². The average Bonchev–Trinajstić information content (AvgIpc) is 2.67. The zero-order chi connectivity index (χ0) is 19.4. The van der Waals surface area contributed by atoms with Crippen LogP contribution >= 0.6 is 0 Å². The fourth-order valence-corrected chi connectivity index (χ4v) is 3.57. The highest BCUT2D eigenvalue weighted by Crippen LogP contribution is 2.33. The summed E-state index contributed by atoms with van der Waals surface area (Å²) >= 11 is 0. The second-order valence-corrected chi connectivity index (χ2v) is 6.88. The van der Waals surface area contributed by atoms with Gasteiger partial charge in [0.2, 0.25) is 0 Å². The lowest BCUT2D eigenvalue weighted by molar-refractivity contribution is -0.164. The highest BCUT2D eigenvalue weighted by atomic mass is 19.2. The lowest BCUT2D eigenvalue weighted by atomic mass is 9.91. The van der Waals surface area contributed by atoms with E-state index in [1.807, 2.05) is 13.8 Å². The van der Waals surface area contributed by atoms with Crippen molar-refractivity contribution in [1.82, 2.24) is 0 Å². The first-order chi connectivity index (χ1) is 13.0. The Morgan fingerprint density at radius 2 is 1.78 bits per heavy atom. The maximum atomic E-state index is 14.7. The van der Waals surface area contributed by atoms with Crippen LogP contribution in [0, 0.1) is 17.5 Å². The Bertz CT molecular complexity index is 783. The normalized spacial score (nSPS) is 20.0. The highest BCUT2D eigenvalue weighted by Gasteiger charge is 2.24. The molecule has 2 nitrogen and oxygen atoms in total. The van der Waals surface area contributed by atoms with E-state index < -0.39 is 17.5 Å². The van der Waals surface area contributed by atoms with Crippen LogP contribution in [0.3, 0.4) is 0 Å². The first-order valence-corrected chi connectivity index (χ1v) is 9.55. The smallest absolute Gasteiger partial charge is 0.167 e. The Labute approximate surface area is 158 Å². The van der Waals surface area contributed by atoms with E-state index >= 15 is 0 Å². The maximum Gasteiger partial charge on any atom is 0.167 e. The van der Waals surface area contributed by atoms with Crippen LogP contribution in [-0.4, -0.2) is 19.5 Å². The van der Waals surface area contributed by atoms with Gasteiger partial charge in [0.05, 0.1) is 6.61 Å². The molecular weight excluding hydrogens is 353 g/mol. The van der Waals surface area contributed by atoms with Gasteiger partial charge in [0.25, 0.3) is 0 Å². The van der Waals surface area contributed by atoms with E-state index in [1.54, 1.807) is 6.07 Å². The minimum Gasteiger partial charge on any atom is -0.353 e. The molecule has 5 heteroatoms. The van der Waals surface area contributed by atoms with Gasteiger partial charge in [-0.1, -0.05) is 37.6 Å². The zero-order valence-electron chi connectivity index (χ0n) is 15.7. The molecule has 2 aromatic carbocycles. The van der Waals surface area contributed by atoms with Crippen molar-refractivity contribution in [1.29, 1.82) is 0 Å². The number of aryl methyl sites for hydroxylation is 1. The van der Waals surface area contributed by atoms with Crippen molar-refractivity contribution in [2.24, 2.45) is 0 Å². The van der Waals surface area contributed by atoms with Crippen LogP contribution in [0.1, 0.15) is 50.2 Å². The Kier molecular flexibility index (Phi) is 6.55. The van der Waals surface area contributed by atoms with Crippen LogP contribution in [0.15, 0.2) is 30.3 Å². The van der Waals surface area contributed by atoms with Crippen molar-refractivity contribution >= 4 is 0 Å². The van der Waals surface area contributed by atoms with Gasteiger partial charge < -0.3 is 9.47 Å². The Hall–Kier alpha value is -1.85. The second kappa shape index (κ2) is 8.89. The minimum atomic E-state index is -0.992. The first kappa shape index (κ1) is 19.9. The summed E-state index contributed by atoms with van der Waals surface area (Å²) in [6.45, 7) is 4.87. The molecule has 0 amide bonds. The van der Waals surface area contributed by atoms with E-state index in [0.29, 0.717) is 31.6 Å². The molecule has 0 aromatic heterocycles. The molecule has 1 aliphatic heterocycles. The van der Waals surface area contributed by atoms with Gasteiger partial charge in [-0.2, -0.15) is 0 Å². The van der Waals surface area contributed by atoms with Crippen LogP contribution in [0.2, 0.25) is 0 Å². The molecule has 1 aliphatic rings. The van der Waals surface area contributed by atoms with Crippen molar-refractivity contribution in [2.45, 2.75) is 51.7 Å². The lowest BCUT2D eigenvalue weighted by Gasteiger charge is -2.29. The molecule has 1 fully saturated rings. The molecular formula is C22H25F3O2. The van der Waals surface area contributed by atoms with Crippen molar-refractivity contribution in [3.05, 3.63) is 58.9 Å². The summed E-state index contributed by atoms with van der Waals surface area (Å²) in [5, 5.41) is 0. The van der Waals surface area contributed by atoms with Crippen LogP contribution in [0.4, 0.5) is 13.2 Å². The summed E-state index contributed by atoms with van der Waals surface area (Å²) in [4.78, 5) is 0. The molecule has 0 radical (unpaired) electrons. The summed E-state index contributed by atoms with van der Waals surface area (Å²) in [5.41, 5.74) is 1.14. The topological polar surface area (TPSA) is 18.5 Å². The molecule has 0 aliphatic carbocycles. The fourth-order valence-electron chi connectivity index (χ4n) is 3.57. The fraction of sp³-hybridized carbons (Fsp3) is 0.455. The lowest BCUT2D eigenvalue weighted by Crippen LogP contribution is -2.27. The van der Waals surface area contributed by atoms with Gasteiger partial charge in [-0.3, -0.25) is 0 Å². The van der Waals surface area contributed by atoms with Crippen molar-refractivity contribution in [3.63, 3.8) is 0 Å². The largest absolute Gasteiger partial charge is 0.353 e. The number of rotatable bonds is 6.